The van der Waals surface area contributed by atoms with Gasteiger partial charge in [-0.3, -0.25) is 0 Å². The monoisotopic (exact) mass is 379 g/mol. The van der Waals surface area contributed by atoms with Crippen LogP contribution in [0.25, 0.3) is 0 Å². The summed E-state index contributed by atoms with van der Waals surface area (Å²) in [5.74, 6) is 0. The Morgan fingerprint density at radius 3 is 2.28 bits per heavy atom. The largest absolute Gasteiger partial charge is 0.243 e. The van der Waals surface area contributed by atoms with E-state index in [1.165, 1.54) is 5.56 Å². The lowest BCUT2D eigenvalue weighted by Gasteiger charge is -2.28. The first-order valence-corrected chi connectivity index (χ1v) is 10.6. The molecule has 0 aliphatic carbocycles. The molecule has 0 amide bonds. The van der Waals surface area contributed by atoms with Crippen molar-refractivity contribution in [1.29, 1.82) is 0 Å². The topological polar surface area (TPSA) is 37.4 Å². The Morgan fingerprint density at radius 1 is 1.04 bits per heavy atom. The van der Waals surface area contributed by atoms with Gasteiger partial charge in [0.25, 0.3) is 0 Å². The summed E-state index contributed by atoms with van der Waals surface area (Å²) in [5.41, 5.74) is 1.23. The quantitative estimate of drug-likeness (QED) is 0.604. The summed E-state index contributed by atoms with van der Waals surface area (Å²) < 4.78 is 27.8. The van der Waals surface area contributed by atoms with E-state index >= 15 is 0 Å². The summed E-state index contributed by atoms with van der Waals surface area (Å²) in [6.45, 7) is 4.58. The molecule has 0 unspecified atom stereocenters. The third-order valence-corrected chi connectivity index (χ3v) is 6.58. The van der Waals surface area contributed by atoms with Crippen LogP contribution in [0, 0.1) is 0 Å². The maximum atomic E-state index is 13.1. The van der Waals surface area contributed by atoms with E-state index in [9.17, 15) is 8.42 Å². The molecule has 25 heavy (non-hydrogen) atoms. The molecule has 0 aromatic heterocycles. The van der Waals surface area contributed by atoms with E-state index in [0.29, 0.717) is 16.5 Å². The van der Waals surface area contributed by atoms with Crippen molar-refractivity contribution in [3.8, 4) is 0 Å². The Hall–Kier alpha value is -1.36. The van der Waals surface area contributed by atoms with Gasteiger partial charge in [0.2, 0.25) is 10.0 Å². The molecule has 0 N–H and O–H groups in total. The molecule has 0 radical (unpaired) electrons. The fourth-order valence-corrected chi connectivity index (χ4v) is 4.79. The van der Waals surface area contributed by atoms with E-state index < -0.39 is 10.0 Å². The zero-order valence-corrected chi connectivity index (χ0v) is 16.4. The second-order valence-electron chi connectivity index (χ2n) is 6.30. The smallest absolute Gasteiger partial charge is 0.207 e. The number of halogens is 1. The van der Waals surface area contributed by atoms with Crippen molar-refractivity contribution in [3.05, 3.63) is 65.2 Å². The molecule has 0 spiro atoms. The van der Waals surface area contributed by atoms with Crippen LogP contribution in [0.5, 0.6) is 0 Å². The van der Waals surface area contributed by atoms with Gasteiger partial charge in [0, 0.05) is 17.6 Å². The molecule has 0 heterocycles. The normalized spacial score (nSPS) is 13.1. The third kappa shape index (κ3) is 5.56. The summed E-state index contributed by atoms with van der Waals surface area (Å²) in [5, 5.41) is 0.538. The van der Waals surface area contributed by atoms with Gasteiger partial charge in [-0.1, -0.05) is 55.3 Å². The van der Waals surface area contributed by atoms with Crippen molar-refractivity contribution in [2.45, 2.75) is 50.5 Å². The van der Waals surface area contributed by atoms with Crippen molar-refractivity contribution < 1.29 is 8.42 Å². The highest BCUT2D eigenvalue weighted by molar-refractivity contribution is 7.89. The second kappa shape index (κ2) is 9.37. The summed E-state index contributed by atoms with van der Waals surface area (Å²) in [6, 6.07) is 16.6. The van der Waals surface area contributed by atoms with Crippen molar-refractivity contribution in [3.63, 3.8) is 0 Å². The van der Waals surface area contributed by atoms with E-state index in [1.54, 1.807) is 28.6 Å². The average molecular weight is 380 g/mol. The molecule has 0 saturated carbocycles. The highest BCUT2D eigenvalue weighted by Crippen LogP contribution is 2.22. The van der Waals surface area contributed by atoms with Crippen LogP contribution in [0.3, 0.4) is 0 Å². The summed E-state index contributed by atoms with van der Waals surface area (Å²) in [7, 11) is -3.52. The number of sulfonamides is 1. The van der Waals surface area contributed by atoms with Gasteiger partial charge in [-0.05, 0) is 56.0 Å². The van der Waals surface area contributed by atoms with E-state index in [4.69, 9.17) is 11.6 Å². The van der Waals surface area contributed by atoms with Crippen LogP contribution in [-0.4, -0.2) is 25.3 Å². The van der Waals surface area contributed by atoms with Crippen LogP contribution in [-0.2, 0) is 16.4 Å². The Balaban J connectivity index is 2.15. The van der Waals surface area contributed by atoms with Crippen LogP contribution < -0.4 is 0 Å². The Bertz CT molecular complexity index is 745. The van der Waals surface area contributed by atoms with Crippen molar-refractivity contribution in [1.82, 2.24) is 4.31 Å². The van der Waals surface area contributed by atoms with Crippen molar-refractivity contribution in [2.75, 3.05) is 6.54 Å². The summed E-state index contributed by atoms with van der Waals surface area (Å²) in [4.78, 5) is 0.305. The molecule has 3 nitrogen and oxygen atoms in total. The molecule has 136 valence electrons. The molecule has 0 aliphatic rings. The number of hydrogen-bond donors (Lipinski definition) is 0. The predicted octanol–water partition coefficient (Wildman–Crippen LogP) is 5.15. The van der Waals surface area contributed by atoms with E-state index in [0.717, 1.165) is 25.7 Å². The lowest BCUT2D eigenvalue weighted by Crippen LogP contribution is -2.39. The van der Waals surface area contributed by atoms with Gasteiger partial charge in [0.1, 0.15) is 0 Å². The van der Waals surface area contributed by atoms with Gasteiger partial charge in [-0.2, -0.15) is 4.31 Å². The van der Waals surface area contributed by atoms with Gasteiger partial charge in [0.05, 0.1) is 4.90 Å². The molecular weight excluding hydrogens is 354 g/mol. The Labute approximate surface area is 156 Å². The molecule has 0 fully saturated rings. The fourth-order valence-electron chi connectivity index (χ4n) is 2.96. The molecule has 2 rings (SSSR count). The number of nitrogens with zero attached hydrogens (tertiary/aromatic N) is 1. The van der Waals surface area contributed by atoms with Gasteiger partial charge < -0.3 is 0 Å². The molecule has 5 heteroatoms. The van der Waals surface area contributed by atoms with Gasteiger partial charge >= 0.3 is 0 Å². The minimum Gasteiger partial charge on any atom is -0.207 e. The fraction of sp³-hybridized carbons (Fsp3) is 0.400. The molecule has 1 atom stereocenters. The maximum Gasteiger partial charge on any atom is 0.243 e. The number of aryl methyl sites for hydroxylation is 1. The average Bonchev–Trinajstić information content (AvgIpc) is 2.60. The molecule has 2 aromatic carbocycles. The lowest BCUT2D eigenvalue weighted by molar-refractivity contribution is 0.316. The van der Waals surface area contributed by atoms with E-state index in [-0.39, 0.29) is 6.04 Å². The Kier molecular flexibility index (Phi) is 7.48. The number of benzene rings is 2. The van der Waals surface area contributed by atoms with Crippen molar-refractivity contribution >= 4 is 21.6 Å². The molecule has 0 aliphatic heterocycles. The molecule has 0 saturated heterocycles. The second-order valence-corrected chi connectivity index (χ2v) is 8.62. The standard InChI is InChI=1S/C20H26ClNO2S/c1-3-8-17(2)22(16-7-11-18-9-5-4-6-10-18)25(23,24)20-14-12-19(21)13-15-20/h4-6,9-10,12-15,17H,3,7-8,11,16H2,1-2H3/t17-/m1/s1. The first-order valence-electron chi connectivity index (χ1n) is 8.76. The molecule has 2 aromatic rings. The van der Waals surface area contributed by atoms with Crippen LogP contribution in [0.4, 0.5) is 0 Å². The number of rotatable bonds is 9. The maximum absolute atomic E-state index is 13.1. The summed E-state index contributed by atoms with van der Waals surface area (Å²) >= 11 is 5.90. The van der Waals surface area contributed by atoms with Crippen LogP contribution >= 0.6 is 11.6 Å². The van der Waals surface area contributed by atoms with Crippen LogP contribution in [0.15, 0.2) is 59.5 Å². The van der Waals surface area contributed by atoms with Crippen LogP contribution in [0.1, 0.15) is 38.7 Å². The van der Waals surface area contributed by atoms with E-state index in [2.05, 4.69) is 19.1 Å². The number of hydrogen-bond acceptors (Lipinski definition) is 2. The first-order chi connectivity index (χ1) is 11.9. The highest BCUT2D eigenvalue weighted by Gasteiger charge is 2.28. The van der Waals surface area contributed by atoms with Gasteiger partial charge in [0.15, 0.2) is 0 Å². The third-order valence-electron chi connectivity index (χ3n) is 4.31. The SMILES string of the molecule is CCC[C@@H](C)N(CCCc1ccccc1)S(=O)(=O)c1ccc(Cl)cc1. The van der Waals surface area contributed by atoms with Crippen LogP contribution in [0.2, 0.25) is 5.02 Å². The highest BCUT2D eigenvalue weighted by atomic mass is 35.5. The summed E-state index contributed by atoms with van der Waals surface area (Å²) in [6.07, 6.45) is 3.46. The van der Waals surface area contributed by atoms with Gasteiger partial charge in [-0.15, -0.1) is 0 Å². The lowest BCUT2D eigenvalue weighted by atomic mass is 10.1. The molecular formula is C20H26ClNO2S. The minimum atomic E-state index is -3.52. The Morgan fingerprint density at radius 2 is 1.68 bits per heavy atom. The van der Waals surface area contributed by atoms with Crippen molar-refractivity contribution in [2.24, 2.45) is 0 Å². The minimum absolute atomic E-state index is 0.0264. The van der Waals surface area contributed by atoms with E-state index in [1.807, 2.05) is 25.1 Å². The molecule has 0 bridgehead atoms. The zero-order valence-electron chi connectivity index (χ0n) is 14.9. The van der Waals surface area contributed by atoms with Gasteiger partial charge in [-0.25, -0.2) is 8.42 Å². The first kappa shape index (κ1) is 20.0. The predicted molar refractivity (Wildman–Crippen MR) is 104 cm³/mol. The zero-order chi connectivity index (χ0) is 18.3.